The van der Waals surface area contributed by atoms with Crippen LogP contribution in [0.3, 0.4) is 0 Å². The van der Waals surface area contributed by atoms with Crippen molar-refractivity contribution in [1.82, 2.24) is 19.6 Å². The third-order valence-electron chi connectivity index (χ3n) is 8.41. The lowest BCUT2D eigenvalue weighted by molar-refractivity contribution is 0.0538. The largest absolute Gasteiger partial charge is 0.393 e. The number of aliphatic hydroxyl groups excluding tert-OH is 1. The molecule has 0 radical (unpaired) electrons. The lowest BCUT2D eigenvalue weighted by Gasteiger charge is -2.38. The molecule has 3 heterocycles. The molecular formula is C30H36N4O2. The Balaban J connectivity index is 1.26. The van der Waals surface area contributed by atoms with Crippen LogP contribution in [-0.4, -0.2) is 62.4 Å². The van der Waals surface area contributed by atoms with Gasteiger partial charge in [-0.25, -0.2) is 0 Å². The quantitative estimate of drug-likeness (QED) is 0.601. The monoisotopic (exact) mass is 484 g/mol. The third kappa shape index (κ3) is 4.72. The van der Waals surface area contributed by atoms with Gasteiger partial charge in [0.1, 0.15) is 0 Å². The van der Waals surface area contributed by atoms with Crippen LogP contribution in [0.2, 0.25) is 0 Å². The molecule has 1 N–H and O–H groups in total. The van der Waals surface area contributed by atoms with E-state index >= 15 is 0 Å². The lowest BCUT2D eigenvalue weighted by Crippen LogP contribution is -2.43. The van der Waals surface area contributed by atoms with E-state index in [4.69, 9.17) is 5.10 Å². The van der Waals surface area contributed by atoms with E-state index in [-0.39, 0.29) is 12.0 Å². The fourth-order valence-electron chi connectivity index (χ4n) is 6.27. The fraction of sp³-hybridized carbons (Fsp3) is 0.467. The molecule has 6 heteroatoms. The SMILES string of the molecule is O=C(c1nn(CCc2ccccc2)c2c1CN(C1CCc3ccccc3C1)CC2)N1CCC(O)CC1. The highest BCUT2D eigenvalue weighted by atomic mass is 16.3. The summed E-state index contributed by atoms with van der Waals surface area (Å²) in [5, 5.41) is 14.9. The van der Waals surface area contributed by atoms with Crippen LogP contribution in [0.5, 0.6) is 0 Å². The third-order valence-corrected chi connectivity index (χ3v) is 8.41. The Labute approximate surface area is 213 Å². The van der Waals surface area contributed by atoms with Gasteiger partial charge in [-0.3, -0.25) is 14.4 Å². The Morgan fingerprint density at radius 1 is 0.917 bits per heavy atom. The predicted molar refractivity (Wildman–Crippen MR) is 140 cm³/mol. The van der Waals surface area contributed by atoms with Gasteiger partial charge in [-0.15, -0.1) is 0 Å². The molecule has 0 bridgehead atoms. The molecule has 1 atom stereocenters. The van der Waals surface area contributed by atoms with E-state index in [2.05, 4.69) is 58.1 Å². The summed E-state index contributed by atoms with van der Waals surface area (Å²) in [5.41, 5.74) is 7.25. The van der Waals surface area contributed by atoms with Crippen molar-refractivity contribution < 1.29 is 9.90 Å². The number of amides is 1. The minimum absolute atomic E-state index is 0.0347. The van der Waals surface area contributed by atoms with Crippen molar-refractivity contribution >= 4 is 5.91 Å². The van der Waals surface area contributed by atoms with Crippen molar-refractivity contribution in [2.75, 3.05) is 19.6 Å². The van der Waals surface area contributed by atoms with Crippen LogP contribution < -0.4 is 0 Å². The van der Waals surface area contributed by atoms with Crippen molar-refractivity contribution in [2.24, 2.45) is 0 Å². The molecule has 1 aliphatic carbocycles. The van der Waals surface area contributed by atoms with Crippen LogP contribution in [0.4, 0.5) is 0 Å². The molecule has 1 unspecified atom stereocenters. The van der Waals surface area contributed by atoms with E-state index in [0.29, 0.717) is 37.7 Å². The Morgan fingerprint density at radius 2 is 1.67 bits per heavy atom. The number of likely N-dealkylation sites (tertiary alicyclic amines) is 1. The summed E-state index contributed by atoms with van der Waals surface area (Å²) in [7, 11) is 0. The summed E-state index contributed by atoms with van der Waals surface area (Å²) in [4.78, 5) is 18.2. The van der Waals surface area contributed by atoms with Crippen molar-refractivity contribution in [3.63, 3.8) is 0 Å². The Morgan fingerprint density at radius 3 is 2.47 bits per heavy atom. The molecule has 188 valence electrons. The zero-order valence-corrected chi connectivity index (χ0v) is 21.0. The fourth-order valence-corrected chi connectivity index (χ4v) is 6.27. The maximum absolute atomic E-state index is 13.7. The Bertz CT molecular complexity index is 1210. The summed E-state index contributed by atoms with van der Waals surface area (Å²) < 4.78 is 2.11. The lowest BCUT2D eigenvalue weighted by atomic mass is 9.86. The van der Waals surface area contributed by atoms with Gasteiger partial charge in [0, 0.05) is 56.4 Å². The number of piperidine rings is 1. The van der Waals surface area contributed by atoms with Gasteiger partial charge >= 0.3 is 0 Å². The highest BCUT2D eigenvalue weighted by Gasteiger charge is 2.34. The zero-order valence-electron chi connectivity index (χ0n) is 21.0. The van der Waals surface area contributed by atoms with Crippen LogP contribution in [0, 0.1) is 0 Å². The Kier molecular flexibility index (Phi) is 6.63. The average Bonchev–Trinajstić information content (AvgIpc) is 3.30. The van der Waals surface area contributed by atoms with Gasteiger partial charge in [-0.2, -0.15) is 5.10 Å². The maximum Gasteiger partial charge on any atom is 0.274 e. The standard InChI is InChI=1S/C30H36N4O2/c35-26-13-16-32(17-14-26)30(36)29-27-21-33(25-11-10-23-8-4-5-9-24(23)20-25)18-15-28(27)34(31-29)19-12-22-6-2-1-3-7-22/h1-9,25-26,35H,10-21H2. The molecule has 1 fully saturated rings. The first-order valence-corrected chi connectivity index (χ1v) is 13.6. The van der Waals surface area contributed by atoms with Crippen molar-refractivity contribution in [1.29, 1.82) is 0 Å². The number of aliphatic hydroxyl groups is 1. The number of hydrogen-bond acceptors (Lipinski definition) is 4. The minimum Gasteiger partial charge on any atom is -0.393 e. The zero-order chi connectivity index (χ0) is 24.5. The van der Waals surface area contributed by atoms with E-state index in [1.165, 1.54) is 28.8 Å². The molecule has 3 aromatic rings. The molecule has 2 aliphatic heterocycles. The second-order valence-electron chi connectivity index (χ2n) is 10.6. The highest BCUT2D eigenvalue weighted by molar-refractivity contribution is 5.94. The van der Waals surface area contributed by atoms with Crippen LogP contribution in [0.1, 0.15) is 57.7 Å². The minimum atomic E-state index is -0.295. The van der Waals surface area contributed by atoms with Crippen LogP contribution in [-0.2, 0) is 38.8 Å². The first kappa shape index (κ1) is 23.4. The summed E-state index contributed by atoms with van der Waals surface area (Å²) >= 11 is 0. The van der Waals surface area contributed by atoms with Gasteiger partial charge in [0.05, 0.1) is 6.10 Å². The molecule has 1 saturated heterocycles. The number of aromatic nitrogens is 2. The van der Waals surface area contributed by atoms with Gasteiger partial charge in [-0.05, 0) is 55.2 Å². The second-order valence-corrected chi connectivity index (χ2v) is 10.6. The summed E-state index contributed by atoms with van der Waals surface area (Å²) in [5.74, 6) is 0.0347. The number of nitrogens with zero attached hydrogens (tertiary/aromatic N) is 4. The Hall–Kier alpha value is -2.96. The number of benzene rings is 2. The van der Waals surface area contributed by atoms with E-state index in [1.54, 1.807) is 0 Å². The van der Waals surface area contributed by atoms with E-state index in [9.17, 15) is 9.90 Å². The van der Waals surface area contributed by atoms with E-state index in [0.717, 1.165) is 50.9 Å². The first-order valence-electron chi connectivity index (χ1n) is 13.6. The predicted octanol–water partition coefficient (Wildman–Crippen LogP) is 3.64. The highest BCUT2D eigenvalue weighted by Crippen LogP contribution is 2.31. The van der Waals surface area contributed by atoms with Crippen LogP contribution in [0.15, 0.2) is 54.6 Å². The number of fused-ring (bicyclic) bond motifs is 2. The average molecular weight is 485 g/mol. The first-order chi connectivity index (χ1) is 17.7. The van der Waals surface area contributed by atoms with E-state index in [1.807, 2.05) is 11.0 Å². The van der Waals surface area contributed by atoms with Gasteiger partial charge in [-0.1, -0.05) is 54.6 Å². The number of rotatable bonds is 5. The van der Waals surface area contributed by atoms with Crippen LogP contribution >= 0.6 is 0 Å². The van der Waals surface area contributed by atoms with E-state index < -0.39 is 0 Å². The van der Waals surface area contributed by atoms with Gasteiger partial charge in [0.25, 0.3) is 5.91 Å². The smallest absolute Gasteiger partial charge is 0.274 e. The number of carbonyl (C=O) groups excluding carboxylic acids is 1. The van der Waals surface area contributed by atoms with Gasteiger partial charge in [0.15, 0.2) is 5.69 Å². The molecular weight excluding hydrogens is 448 g/mol. The number of hydrogen-bond donors (Lipinski definition) is 1. The normalized spacial score (nSPS) is 20.7. The van der Waals surface area contributed by atoms with Crippen LogP contribution in [0.25, 0.3) is 0 Å². The summed E-state index contributed by atoms with van der Waals surface area (Å²) in [6.07, 6.45) is 6.22. The van der Waals surface area contributed by atoms with Crippen molar-refractivity contribution in [2.45, 2.75) is 70.2 Å². The number of carbonyl (C=O) groups is 1. The topological polar surface area (TPSA) is 61.6 Å². The molecule has 2 aromatic carbocycles. The van der Waals surface area contributed by atoms with Crippen molar-refractivity contribution in [3.05, 3.63) is 88.2 Å². The number of aryl methyl sites for hydroxylation is 3. The summed E-state index contributed by atoms with van der Waals surface area (Å²) in [6.45, 7) is 3.81. The van der Waals surface area contributed by atoms with Gasteiger partial charge < -0.3 is 10.0 Å². The maximum atomic E-state index is 13.7. The van der Waals surface area contributed by atoms with Gasteiger partial charge in [0.2, 0.25) is 0 Å². The van der Waals surface area contributed by atoms with Crippen molar-refractivity contribution in [3.8, 4) is 0 Å². The molecule has 1 aromatic heterocycles. The summed E-state index contributed by atoms with van der Waals surface area (Å²) in [6, 6.07) is 19.9. The molecule has 1 amide bonds. The molecule has 36 heavy (non-hydrogen) atoms. The molecule has 0 spiro atoms. The molecule has 6 nitrogen and oxygen atoms in total. The molecule has 6 rings (SSSR count). The molecule has 0 saturated carbocycles. The second kappa shape index (κ2) is 10.2. The molecule has 3 aliphatic rings.